The summed E-state index contributed by atoms with van der Waals surface area (Å²) in [6, 6.07) is 9.54. The van der Waals surface area contributed by atoms with Gasteiger partial charge in [0.25, 0.3) is 0 Å². The second-order valence-electron chi connectivity index (χ2n) is 6.82. The SMILES string of the molecule is COc1cc(/C=C/c2ccccc2F)c(OC2OC(CO)CC(O)[C@H]2O)c(OC)c1. The molecule has 4 atom stereocenters. The molecule has 1 fully saturated rings. The Balaban J connectivity index is 1.98. The minimum Gasteiger partial charge on any atom is -0.497 e. The first-order chi connectivity index (χ1) is 14.5. The number of ether oxygens (including phenoxy) is 4. The Morgan fingerprint density at radius 1 is 1.10 bits per heavy atom. The molecule has 8 heteroatoms. The molecule has 162 valence electrons. The molecular weight excluding hydrogens is 395 g/mol. The highest BCUT2D eigenvalue weighted by Gasteiger charge is 2.38. The van der Waals surface area contributed by atoms with E-state index in [0.717, 1.165) is 0 Å². The first-order valence-corrected chi connectivity index (χ1v) is 9.44. The summed E-state index contributed by atoms with van der Waals surface area (Å²) in [6.45, 7) is -0.330. The molecule has 7 nitrogen and oxygen atoms in total. The van der Waals surface area contributed by atoms with Crippen LogP contribution in [0.1, 0.15) is 17.5 Å². The highest BCUT2D eigenvalue weighted by atomic mass is 19.1. The van der Waals surface area contributed by atoms with Gasteiger partial charge in [-0.05, 0) is 12.1 Å². The molecule has 1 heterocycles. The van der Waals surface area contributed by atoms with Crippen LogP contribution in [-0.2, 0) is 4.74 Å². The number of methoxy groups -OCH3 is 2. The molecule has 0 amide bonds. The molecule has 3 N–H and O–H groups in total. The van der Waals surface area contributed by atoms with E-state index < -0.39 is 24.6 Å². The molecule has 1 aliphatic heterocycles. The highest BCUT2D eigenvalue weighted by Crippen LogP contribution is 2.39. The lowest BCUT2D eigenvalue weighted by Gasteiger charge is -2.36. The van der Waals surface area contributed by atoms with Crippen molar-refractivity contribution in [1.29, 1.82) is 0 Å². The van der Waals surface area contributed by atoms with E-state index in [1.165, 1.54) is 20.3 Å². The molecule has 0 saturated carbocycles. The molecule has 30 heavy (non-hydrogen) atoms. The summed E-state index contributed by atoms with van der Waals surface area (Å²) in [6.07, 6.45) is -1.11. The smallest absolute Gasteiger partial charge is 0.229 e. The van der Waals surface area contributed by atoms with Gasteiger partial charge in [-0.15, -0.1) is 0 Å². The number of rotatable bonds is 7. The molecule has 3 unspecified atom stereocenters. The zero-order valence-electron chi connectivity index (χ0n) is 16.7. The molecule has 1 aliphatic rings. The van der Waals surface area contributed by atoms with E-state index >= 15 is 0 Å². The summed E-state index contributed by atoms with van der Waals surface area (Å²) in [4.78, 5) is 0. The van der Waals surface area contributed by atoms with Crippen LogP contribution in [0, 0.1) is 5.82 Å². The Morgan fingerprint density at radius 3 is 2.50 bits per heavy atom. The van der Waals surface area contributed by atoms with Crippen LogP contribution in [0.25, 0.3) is 12.2 Å². The lowest BCUT2D eigenvalue weighted by atomic mass is 10.0. The van der Waals surface area contributed by atoms with Crippen LogP contribution in [0.4, 0.5) is 4.39 Å². The Bertz CT molecular complexity index is 886. The molecule has 0 bridgehead atoms. The average Bonchev–Trinajstić information content (AvgIpc) is 2.76. The number of aliphatic hydroxyl groups is 3. The van der Waals surface area contributed by atoms with Gasteiger partial charge in [0.1, 0.15) is 17.7 Å². The van der Waals surface area contributed by atoms with Gasteiger partial charge in [0, 0.05) is 23.6 Å². The summed E-state index contributed by atoms with van der Waals surface area (Å²) in [5.41, 5.74) is 0.848. The summed E-state index contributed by atoms with van der Waals surface area (Å²) in [5.74, 6) is 0.594. The van der Waals surface area contributed by atoms with E-state index in [2.05, 4.69) is 0 Å². The minimum absolute atomic E-state index is 0.0807. The van der Waals surface area contributed by atoms with Gasteiger partial charge < -0.3 is 34.3 Å². The number of hydrogen-bond donors (Lipinski definition) is 3. The Kier molecular flexibility index (Phi) is 7.28. The fourth-order valence-corrected chi connectivity index (χ4v) is 3.15. The maximum absolute atomic E-state index is 14.0. The van der Waals surface area contributed by atoms with Crippen molar-refractivity contribution in [1.82, 2.24) is 0 Å². The maximum atomic E-state index is 14.0. The van der Waals surface area contributed by atoms with Crippen molar-refractivity contribution in [2.45, 2.75) is 31.0 Å². The molecule has 2 aromatic rings. The van der Waals surface area contributed by atoms with E-state index in [4.69, 9.17) is 18.9 Å². The quantitative estimate of drug-likeness (QED) is 0.591. The van der Waals surface area contributed by atoms with Crippen molar-refractivity contribution >= 4 is 12.2 Å². The Morgan fingerprint density at radius 2 is 1.83 bits per heavy atom. The molecule has 2 aromatic carbocycles. The first kappa shape index (κ1) is 22.0. The summed E-state index contributed by atoms with van der Waals surface area (Å²) < 4.78 is 36.1. The van der Waals surface area contributed by atoms with Crippen molar-refractivity contribution in [2.75, 3.05) is 20.8 Å². The molecule has 3 rings (SSSR count). The monoisotopic (exact) mass is 420 g/mol. The van der Waals surface area contributed by atoms with Crippen LogP contribution < -0.4 is 14.2 Å². The third kappa shape index (κ3) is 4.91. The number of hydrogen-bond acceptors (Lipinski definition) is 7. The standard InChI is InChI=1S/C22H25FO7/c1-27-15-9-14(8-7-13-5-3-4-6-17(13)23)21(19(11-15)28-2)30-22-20(26)18(25)10-16(12-24)29-22/h3-9,11,16,18,20,22,24-26H,10,12H2,1-2H3/b8-7+/t16?,18?,20-,22?/m1/s1. The fraction of sp³-hybridized carbons (Fsp3) is 0.364. The van der Waals surface area contributed by atoms with E-state index in [1.54, 1.807) is 42.5 Å². The third-order valence-corrected chi connectivity index (χ3v) is 4.80. The minimum atomic E-state index is -1.33. The average molecular weight is 420 g/mol. The normalized spacial score (nSPS) is 24.1. The summed E-state index contributed by atoms with van der Waals surface area (Å²) in [7, 11) is 2.94. The van der Waals surface area contributed by atoms with Gasteiger partial charge in [-0.3, -0.25) is 0 Å². The summed E-state index contributed by atoms with van der Waals surface area (Å²) in [5, 5.41) is 29.7. The van der Waals surface area contributed by atoms with Crippen LogP contribution in [0.15, 0.2) is 36.4 Å². The van der Waals surface area contributed by atoms with Gasteiger partial charge in [0.05, 0.1) is 33.0 Å². The molecule has 0 spiro atoms. The fourth-order valence-electron chi connectivity index (χ4n) is 3.15. The lowest BCUT2D eigenvalue weighted by Crippen LogP contribution is -2.51. The van der Waals surface area contributed by atoms with Gasteiger partial charge in [0.15, 0.2) is 11.5 Å². The van der Waals surface area contributed by atoms with E-state index in [1.807, 2.05) is 0 Å². The molecular formula is C22H25FO7. The molecule has 0 radical (unpaired) electrons. The Hall–Kier alpha value is -2.65. The van der Waals surface area contributed by atoms with Gasteiger partial charge in [-0.1, -0.05) is 30.4 Å². The van der Waals surface area contributed by atoms with Gasteiger partial charge in [-0.25, -0.2) is 4.39 Å². The van der Waals surface area contributed by atoms with Crippen molar-refractivity contribution in [3.8, 4) is 17.2 Å². The number of aliphatic hydroxyl groups excluding tert-OH is 3. The second-order valence-corrected chi connectivity index (χ2v) is 6.82. The van der Waals surface area contributed by atoms with Crippen LogP contribution in [-0.4, -0.2) is 60.7 Å². The van der Waals surface area contributed by atoms with Crippen molar-refractivity contribution in [2.24, 2.45) is 0 Å². The van der Waals surface area contributed by atoms with Gasteiger partial charge in [-0.2, -0.15) is 0 Å². The van der Waals surface area contributed by atoms with Crippen LogP contribution in [0.5, 0.6) is 17.2 Å². The van der Waals surface area contributed by atoms with Gasteiger partial charge in [0.2, 0.25) is 6.29 Å². The first-order valence-electron chi connectivity index (χ1n) is 9.44. The zero-order chi connectivity index (χ0) is 21.7. The van der Waals surface area contributed by atoms with Crippen molar-refractivity contribution in [3.63, 3.8) is 0 Å². The number of halogens is 1. The van der Waals surface area contributed by atoms with E-state index in [0.29, 0.717) is 22.6 Å². The van der Waals surface area contributed by atoms with E-state index in [-0.39, 0.29) is 24.6 Å². The van der Waals surface area contributed by atoms with Crippen molar-refractivity contribution in [3.05, 3.63) is 53.3 Å². The van der Waals surface area contributed by atoms with Gasteiger partial charge >= 0.3 is 0 Å². The molecule has 0 aromatic heterocycles. The van der Waals surface area contributed by atoms with E-state index in [9.17, 15) is 19.7 Å². The van der Waals surface area contributed by atoms with Crippen molar-refractivity contribution < 1.29 is 38.7 Å². The Labute approximate surface area is 173 Å². The van der Waals surface area contributed by atoms with Crippen LogP contribution in [0.3, 0.4) is 0 Å². The lowest BCUT2D eigenvalue weighted by molar-refractivity contribution is -0.241. The predicted octanol–water partition coefficient (Wildman–Crippen LogP) is 2.22. The van der Waals surface area contributed by atoms with Crippen LogP contribution in [0.2, 0.25) is 0 Å². The topological polar surface area (TPSA) is 97.6 Å². The second kappa shape index (κ2) is 9.90. The predicted molar refractivity (Wildman–Crippen MR) is 108 cm³/mol. The molecule has 1 saturated heterocycles. The molecule has 0 aliphatic carbocycles. The summed E-state index contributed by atoms with van der Waals surface area (Å²) >= 11 is 0. The van der Waals surface area contributed by atoms with Crippen LogP contribution >= 0.6 is 0 Å². The highest BCUT2D eigenvalue weighted by molar-refractivity contribution is 5.75. The number of benzene rings is 2. The third-order valence-electron chi connectivity index (χ3n) is 4.80. The maximum Gasteiger partial charge on any atom is 0.229 e. The zero-order valence-corrected chi connectivity index (χ0v) is 16.7. The largest absolute Gasteiger partial charge is 0.497 e.